The number of carbonyl (C=O) groups is 1. The summed E-state index contributed by atoms with van der Waals surface area (Å²) in [6.07, 6.45) is 1.59. The standard InChI is InChI=1S/C20H22N6O8S2/c1-11-9-16(25-24-15-6-4-3-5-14(15)21)12(2)19(23-20(22)27)26(11)17-10-13(35(28,29)30)7-8-18(17)34-36(31,32)33/h3-12H,21H2,1-2H3,(H2,22,27)(H,28,29,30)(H,31,32,33). The van der Waals surface area contributed by atoms with Crippen molar-refractivity contribution < 1.29 is 34.9 Å². The quantitative estimate of drug-likeness (QED) is 0.239. The number of rotatable bonds is 6. The maximum Gasteiger partial charge on any atom is 0.446 e. The summed E-state index contributed by atoms with van der Waals surface area (Å²) >= 11 is 0. The number of para-hydroxylation sites is 1. The Morgan fingerprint density at radius 1 is 1.06 bits per heavy atom. The Morgan fingerprint density at radius 2 is 1.72 bits per heavy atom. The van der Waals surface area contributed by atoms with Crippen LogP contribution in [0.25, 0.3) is 0 Å². The lowest BCUT2D eigenvalue weighted by molar-refractivity contribution is 0.256. The van der Waals surface area contributed by atoms with Gasteiger partial charge in [0.15, 0.2) is 5.75 Å². The van der Waals surface area contributed by atoms with Crippen LogP contribution in [0.2, 0.25) is 0 Å². The fraction of sp³-hybridized carbons (Fsp3) is 0.200. The van der Waals surface area contributed by atoms with Gasteiger partial charge in [-0.25, -0.2) is 4.79 Å². The van der Waals surface area contributed by atoms with E-state index in [0.717, 1.165) is 18.2 Å². The second-order valence-electron chi connectivity index (χ2n) is 7.61. The molecular weight excluding hydrogens is 516 g/mol. The zero-order chi connectivity index (χ0) is 26.8. The third kappa shape index (κ3) is 6.22. The molecule has 3 rings (SSSR count). The predicted molar refractivity (Wildman–Crippen MR) is 130 cm³/mol. The van der Waals surface area contributed by atoms with Crippen molar-refractivity contribution in [2.75, 3.05) is 10.6 Å². The zero-order valence-corrected chi connectivity index (χ0v) is 20.5. The smallest absolute Gasteiger partial charge is 0.397 e. The second kappa shape index (κ2) is 10.0. The Bertz CT molecular complexity index is 1500. The summed E-state index contributed by atoms with van der Waals surface area (Å²) in [5.74, 6) is -1.37. The van der Waals surface area contributed by atoms with Gasteiger partial charge in [0, 0.05) is 0 Å². The summed E-state index contributed by atoms with van der Waals surface area (Å²) in [5, 5.41) is 8.34. The highest BCUT2D eigenvalue weighted by atomic mass is 32.3. The first-order chi connectivity index (χ1) is 16.7. The van der Waals surface area contributed by atoms with E-state index in [-0.39, 0.29) is 11.5 Å². The summed E-state index contributed by atoms with van der Waals surface area (Å²) in [6, 6.07) is 7.50. The number of urea groups is 1. The highest BCUT2D eigenvalue weighted by Gasteiger charge is 2.35. The third-order valence-electron chi connectivity index (χ3n) is 5.01. The number of azo groups is 1. The number of hydrogen-bond donors (Lipinski definition) is 4. The van der Waals surface area contributed by atoms with Crippen molar-refractivity contribution >= 4 is 49.4 Å². The molecule has 0 radical (unpaired) electrons. The molecule has 2 aromatic rings. The van der Waals surface area contributed by atoms with Crippen molar-refractivity contribution in [3.63, 3.8) is 0 Å². The van der Waals surface area contributed by atoms with Crippen LogP contribution in [0.15, 0.2) is 74.4 Å². The highest BCUT2D eigenvalue weighted by molar-refractivity contribution is 7.85. The summed E-state index contributed by atoms with van der Waals surface area (Å²) in [5.41, 5.74) is 12.0. The van der Waals surface area contributed by atoms with Gasteiger partial charge in [0.25, 0.3) is 10.1 Å². The van der Waals surface area contributed by atoms with Crippen LogP contribution in [-0.4, -0.2) is 43.8 Å². The van der Waals surface area contributed by atoms with Crippen molar-refractivity contribution in [2.45, 2.75) is 24.8 Å². The van der Waals surface area contributed by atoms with E-state index in [4.69, 9.17) is 11.5 Å². The van der Waals surface area contributed by atoms with Crippen LogP contribution in [0.3, 0.4) is 0 Å². The van der Waals surface area contributed by atoms with E-state index in [9.17, 15) is 30.7 Å². The molecule has 0 saturated heterocycles. The summed E-state index contributed by atoms with van der Waals surface area (Å²) < 4.78 is 69.6. The molecule has 1 aliphatic rings. The molecule has 1 aliphatic heterocycles. The van der Waals surface area contributed by atoms with Crippen molar-refractivity contribution in [3.05, 3.63) is 54.2 Å². The topological polar surface area (TPSA) is 227 Å². The number of nitrogens with two attached hydrogens (primary N) is 2. The molecule has 0 bridgehead atoms. The maximum absolute atomic E-state index is 11.8. The van der Waals surface area contributed by atoms with E-state index in [1.807, 2.05) is 0 Å². The summed E-state index contributed by atoms with van der Waals surface area (Å²) in [4.78, 5) is 16.2. The molecule has 0 aromatic heterocycles. The van der Waals surface area contributed by atoms with E-state index in [1.165, 1.54) is 4.90 Å². The van der Waals surface area contributed by atoms with Crippen molar-refractivity contribution in [1.82, 2.24) is 0 Å². The van der Waals surface area contributed by atoms with Crippen molar-refractivity contribution in [3.8, 4) is 5.75 Å². The number of amides is 2. The van der Waals surface area contributed by atoms with Crippen molar-refractivity contribution in [2.24, 2.45) is 26.9 Å². The lowest BCUT2D eigenvalue weighted by Crippen LogP contribution is -2.46. The lowest BCUT2D eigenvalue weighted by Gasteiger charge is -2.37. The maximum atomic E-state index is 11.8. The van der Waals surface area contributed by atoms with Gasteiger partial charge < -0.3 is 20.6 Å². The second-order valence-corrected chi connectivity index (χ2v) is 10.1. The number of hydrogen-bond acceptors (Lipinski definition) is 9. The number of nitrogens with zero attached hydrogens (tertiary/aromatic N) is 4. The van der Waals surface area contributed by atoms with E-state index in [0.29, 0.717) is 17.1 Å². The van der Waals surface area contributed by atoms with Crippen LogP contribution >= 0.6 is 0 Å². The largest absolute Gasteiger partial charge is 0.446 e. The average molecular weight is 539 g/mol. The molecule has 0 fully saturated rings. The third-order valence-corrected chi connectivity index (χ3v) is 6.25. The number of benzene rings is 2. The molecule has 2 atom stereocenters. The first-order valence-electron chi connectivity index (χ1n) is 10.1. The van der Waals surface area contributed by atoms with Crippen molar-refractivity contribution in [1.29, 1.82) is 0 Å². The molecule has 0 aliphatic carbocycles. The van der Waals surface area contributed by atoms with E-state index < -0.39 is 49.2 Å². The van der Waals surface area contributed by atoms with Crippen LogP contribution in [0.1, 0.15) is 13.8 Å². The SMILES string of the molecule is CC1C(N=Nc2ccccc2N)=CC(C)N(c2cc(S(=O)(=O)O)ccc2OS(=O)(=O)O)C1=NC(N)=O. The Morgan fingerprint density at radius 3 is 2.31 bits per heavy atom. The summed E-state index contributed by atoms with van der Waals surface area (Å²) in [7, 11) is -9.78. The number of amidine groups is 1. The minimum atomic E-state index is -5.04. The molecule has 0 spiro atoms. The Kier molecular flexibility index (Phi) is 7.44. The van der Waals surface area contributed by atoms with E-state index in [2.05, 4.69) is 19.4 Å². The minimum absolute atomic E-state index is 0.0693. The van der Waals surface area contributed by atoms with Gasteiger partial charge in [-0.3, -0.25) is 9.11 Å². The normalized spacial score (nSPS) is 19.9. The van der Waals surface area contributed by atoms with Gasteiger partial charge in [-0.1, -0.05) is 12.1 Å². The average Bonchev–Trinajstić information content (AvgIpc) is 2.75. The van der Waals surface area contributed by atoms with Gasteiger partial charge in [-0.15, -0.1) is 5.11 Å². The number of nitrogen functional groups attached to an aromatic ring is 1. The van der Waals surface area contributed by atoms with Gasteiger partial charge in [0.2, 0.25) is 0 Å². The van der Waals surface area contributed by atoms with Crippen LogP contribution in [0.5, 0.6) is 5.75 Å². The fourth-order valence-corrected chi connectivity index (χ4v) is 4.33. The number of carbonyl (C=O) groups excluding carboxylic acids is 1. The molecule has 36 heavy (non-hydrogen) atoms. The Balaban J connectivity index is 2.20. The number of anilines is 2. The van der Waals surface area contributed by atoms with Crippen LogP contribution in [-0.2, 0) is 20.5 Å². The first kappa shape index (κ1) is 26.7. The lowest BCUT2D eigenvalue weighted by atomic mass is 9.96. The molecule has 1 heterocycles. The summed E-state index contributed by atoms with van der Waals surface area (Å²) in [6.45, 7) is 3.18. The number of aliphatic imine (C=N–C) groups is 1. The molecule has 16 heteroatoms. The molecule has 2 aromatic carbocycles. The van der Waals surface area contributed by atoms with Crippen LogP contribution in [0.4, 0.5) is 21.9 Å². The fourth-order valence-electron chi connectivity index (χ4n) is 3.46. The Labute approximate surface area is 206 Å². The molecular formula is C20H22N6O8S2. The van der Waals surface area contributed by atoms with Gasteiger partial charge in [-0.05, 0) is 50.3 Å². The van der Waals surface area contributed by atoms with E-state index >= 15 is 0 Å². The molecule has 192 valence electrons. The predicted octanol–water partition coefficient (Wildman–Crippen LogP) is 2.69. The first-order valence-corrected chi connectivity index (χ1v) is 12.9. The van der Waals surface area contributed by atoms with E-state index in [1.54, 1.807) is 44.2 Å². The van der Waals surface area contributed by atoms with Gasteiger partial charge in [0.1, 0.15) is 11.5 Å². The minimum Gasteiger partial charge on any atom is -0.397 e. The molecule has 14 nitrogen and oxygen atoms in total. The van der Waals surface area contributed by atoms with Gasteiger partial charge >= 0.3 is 16.4 Å². The molecule has 0 saturated carbocycles. The molecule has 6 N–H and O–H groups in total. The monoisotopic (exact) mass is 538 g/mol. The Hall–Kier alpha value is -3.86. The molecule has 2 amide bonds. The molecule has 2 unspecified atom stereocenters. The van der Waals surface area contributed by atoms with Gasteiger partial charge in [0.05, 0.1) is 33.9 Å². The van der Waals surface area contributed by atoms with Gasteiger partial charge in [-0.2, -0.15) is 26.9 Å². The van der Waals surface area contributed by atoms with Crippen LogP contribution < -0.4 is 20.6 Å². The highest BCUT2D eigenvalue weighted by Crippen LogP contribution is 2.38. The van der Waals surface area contributed by atoms with Crippen LogP contribution in [0, 0.1) is 5.92 Å². The zero-order valence-electron chi connectivity index (χ0n) is 18.9. The number of primary amides is 1.